The predicted octanol–water partition coefficient (Wildman–Crippen LogP) is 1.05. The van der Waals surface area contributed by atoms with E-state index in [2.05, 4.69) is 15.6 Å². The number of nitrogens with zero attached hydrogens (tertiary/aromatic N) is 2. The summed E-state index contributed by atoms with van der Waals surface area (Å²) in [6.45, 7) is 2.60. The van der Waals surface area contributed by atoms with Crippen molar-refractivity contribution in [2.75, 3.05) is 25.0 Å². The second-order valence-electron chi connectivity index (χ2n) is 4.79. The van der Waals surface area contributed by atoms with Crippen LogP contribution in [0.3, 0.4) is 0 Å². The largest absolute Gasteiger partial charge is 0.322 e. The minimum absolute atomic E-state index is 0.168. The number of nitrogens with one attached hydrogen (secondary N) is 2. The molecule has 2 N–H and O–H groups in total. The minimum Gasteiger partial charge on any atom is -0.320 e. The van der Waals surface area contributed by atoms with Crippen LogP contribution < -0.4 is 10.6 Å². The van der Waals surface area contributed by atoms with Gasteiger partial charge in [-0.15, -0.1) is 0 Å². The fourth-order valence-corrected chi connectivity index (χ4v) is 2.78. The lowest BCUT2D eigenvalue weighted by molar-refractivity contribution is 0.206. The Kier molecular flexibility index (Phi) is 2.87. The second kappa shape index (κ2) is 4.53. The van der Waals surface area contributed by atoms with Crippen molar-refractivity contribution in [3.05, 3.63) is 24.3 Å². The maximum Gasteiger partial charge on any atom is 0.322 e. The number of anilines is 1. The molecule has 1 aromatic heterocycles. The molecule has 0 aliphatic carbocycles. The summed E-state index contributed by atoms with van der Waals surface area (Å²) < 4.78 is 13.0. The molecule has 2 atom stereocenters. The van der Waals surface area contributed by atoms with E-state index in [1.54, 1.807) is 0 Å². The third kappa shape index (κ3) is 2.03. The first-order valence-corrected chi connectivity index (χ1v) is 6.13. The van der Waals surface area contributed by atoms with Crippen LogP contribution in [0.4, 0.5) is 14.9 Å². The molecule has 96 valence electrons. The summed E-state index contributed by atoms with van der Waals surface area (Å²) in [7, 11) is 0. The molecular weight excluding hydrogens is 235 g/mol. The van der Waals surface area contributed by atoms with Crippen LogP contribution in [0.5, 0.6) is 0 Å². The van der Waals surface area contributed by atoms with Crippen molar-refractivity contribution in [3.63, 3.8) is 0 Å². The number of hydrogen-bond donors (Lipinski definition) is 2. The molecule has 0 saturated carbocycles. The van der Waals surface area contributed by atoms with Crippen molar-refractivity contribution in [3.8, 4) is 0 Å². The number of pyridine rings is 1. The Morgan fingerprint density at radius 1 is 1.50 bits per heavy atom. The van der Waals surface area contributed by atoms with Gasteiger partial charge in [-0.2, -0.15) is 0 Å². The standard InChI is InChI=1S/C12H15FN4O/c13-9-3-10(6-15-5-9)16-12(18)17-2-1-8-4-14-7-11(8)17/h3,5-6,8,11,14H,1-2,4,7H2,(H,16,18)/t8-,11+/m0/s1. The Bertz CT molecular complexity index is 467. The number of aromatic nitrogens is 1. The minimum atomic E-state index is -0.449. The van der Waals surface area contributed by atoms with E-state index in [0.717, 1.165) is 32.3 Å². The molecule has 2 aliphatic rings. The zero-order valence-corrected chi connectivity index (χ0v) is 9.90. The van der Waals surface area contributed by atoms with Gasteiger partial charge in [0.15, 0.2) is 0 Å². The zero-order valence-electron chi connectivity index (χ0n) is 9.90. The van der Waals surface area contributed by atoms with Crippen molar-refractivity contribution in [1.29, 1.82) is 0 Å². The van der Waals surface area contributed by atoms with Crippen LogP contribution in [0.25, 0.3) is 0 Å². The molecule has 0 unspecified atom stereocenters. The second-order valence-corrected chi connectivity index (χ2v) is 4.79. The number of fused-ring (bicyclic) bond motifs is 1. The summed E-state index contributed by atoms with van der Waals surface area (Å²) >= 11 is 0. The number of amides is 2. The Balaban J connectivity index is 1.68. The van der Waals surface area contributed by atoms with Crippen molar-refractivity contribution in [1.82, 2.24) is 15.2 Å². The van der Waals surface area contributed by atoms with Crippen molar-refractivity contribution in [2.45, 2.75) is 12.5 Å². The molecule has 2 fully saturated rings. The summed E-state index contributed by atoms with van der Waals surface area (Å²) in [4.78, 5) is 17.6. The highest BCUT2D eigenvalue weighted by atomic mass is 19.1. The maximum absolute atomic E-state index is 13.0. The number of halogens is 1. The first kappa shape index (κ1) is 11.4. The highest BCUT2D eigenvalue weighted by Crippen LogP contribution is 2.27. The van der Waals surface area contributed by atoms with Gasteiger partial charge in [0, 0.05) is 31.7 Å². The SMILES string of the molecule is O=C(Nc1cncc(F)c1)N1CC[C@H]2CNC[C@H]21. The van der Waals surface area contributed by atoms with Crippen molar-refractivity contribution >= 4 is 11.7 Å². The van der Waals surface area contributed by atoms with Gasteiger partial charge >= 0.3 is 6.03 Å². The molecular formula is C12H15FN4O. The van der Waals surface area contributed by atoms with Crippen LogP contribution in [0.1, 0.15) is 6.42 Å². The number of rotatable bonds is 1. The summed E-state index contributed by atoms with van der Waals surface area (Å²) in [6.07, 6.45) is 3.59. The zero-order chi connectivity index (χ0) is 12.5. The van der Waals surface area contributed by atoms with Crippen LogP contribution >= 0.6 is 0 Å². The lowest BCUT2D eigenvalue weighted by atomic mass is 10.1. The normalized spacial score (nSPS) is 26.2. The van der Waals surface area contributed by atoms with E-state index in [9.17, 15) is 9.18 Å². The van der Waals surface area contributed by atoms with E-state index in [1.165, 1.54) is 12.3 Å². The summed E-state index contributed by atoms with van der Waals surface area (Å²) in [5, 5.41) is 5.98. The number of hydrogen-bond acceptors (Lipinski definition) is 3. The maximum atomic E-state index is 13.0. The van der Waals surface area contributed by atoms with Crippen LogP contribution in [0.15, 0.2) is 18.5 Å². The average Bonchev–Trinajstić information content (AvgIpc) is 2.89. The fourth-order valence-electron chi connectivity index (χ4n) is 2.78. The Labute approximate surface area is 104 Å². The summed E-state index contributed by atoms with van der Waals surface area (Å²) in [5.74, 6) is 0.107. The molecule has 6 heteroatoms. The van der Waals surface area contributed by atoms with Gasteiger partial charge in [-0.3, -0.25) is 4.98 Å². The molecule has 18 heavy (non-hydrogen) atoms. The lowest BCUT2D eigenvalue weighted by Gasteiger charge is -2.23. The van der Waals surface area contributed by atoms with Gasteiger partial charge in [-0.25, -0.2) is 9.18 Å². The molecule has 0 aromatic carbocycles. The summed E-state index contributed by atoms with van der Waals surface area (Å²) in [6, 6.07) is 1.37. The molecule has 5 nitrogen and oxygen atoms in total. The van der Waals surface area contributed by atoms with Crippen LogP contribution in [-0.4, -0.2) is 41.6 Å². The number of likely N-dealkylation sites (tertiary alicyclic amines) is 1. The quantitative estimate of drug-likeness (QED) is 0.783. The van der Waals surface area contributed by atoms with Crippen LogP contribution in [0.2, 0.25) is 0 Å². The van der Waals surface area contributed by atoms with E-state index in [4.69, 9.17) is 0 Å². The molecule has 0 spiro atoms. The monoisotopic (exact) mass is 250 g/mol. The van der Waals surface area contributed by atoms with E-state index < -0.39 is 5.82 Å². The highest BCUT2D eigenvalue weighted by molar-refractivity contribution is 5.89. The van der Waals surface area contributed by atoms with E-state index in [1.807, 2.05) is 4.90 Å². The van der Waals surface area contributed by atoms with E-state index in [0.29, 0.717) is 11.6 Å². The fraction of sp³-hybridized carbons (Fsp3) is 0.500. The molecule has 0 radical (unpaired) electrons. The van der Waals surface area contributed by atoms with Gasteiger partial charge in [0.2, 0.25) is 0 Å². The molecule has 3 heterocycles. The molecule has 2 saturated heterocycles. The van der Waals surface area contributed by atoms with Gasteiger partial charge in [0.05, 0.1) is 18.1 Å². The average molecular weight is 250 g/mol. The number of carbonyl (C=O) groups is 1. The molecule has 0 bridgehead atoms. The Morgan fingerprint density at radius 2 is 2.39 bits per heavy atom. The number of carbonyl (C=O) groups excluding carboxylic acids is 1. The number of urea groups is 1. The van der Waals surface area contributed by atoms with Crippen LogP contribution in [0, 0.1) is 11.7 Å². The lowest BCUT2D eigenvalue weighted by Crippen LogP contribution is -2.41. The van der Waals surface area contributed by atoms with Gasteiger partial charge in [-0.05, 0) is 12.3 Å². The summed E-state index contributed by atoms with van der Waals surface area (Å²) in [5.41, 5.74) is 0.398. The van der Waals surface area contributed by atoms with Gasteiger partial charge in [0.25, 0.3) is 0 Å². The predicted molar refractivity (Wildman–Crippen MR) is 64.7 cm³/mol. The molecule has 3 rings (SSSR count). The third-order valence-electron chi connectivity index (χ3n) is 3.66. The van der Waals surface area contributed by atoms with Crippen molar-refractivity contribution < 1.29 is 9.18 Å². The van der Waals surface area contributed by atoms with E-state index in [-0.39, 0.29) is 12.1 Å². The third-order valence-corrected chi connectivity index (χ3v) is 3.66. The topological polar surface area (TPSA) is 57.3 Å². The van der Waals surface area contributed by atoms with Crippen molar-refractivity contribution in [2.24, 2.45) is 5.92 Å². The Hall–Kier alpha value is -1.69. The molecule has 2 amide bonds. The van der Waals surface area contributed by atoms with Crippen LogP contribution in [-0.2, 0) is 0 Å². The Morgan fingerprint density at radius 3 is 3.22 bits per heavy atom. The first-order valence-electron chi connectivity index (χ1n) is 6.13. The molecule has 2 aliphatic heterocycles. The van der Waals surface area contributed by atoms with Gasteiger partial charge < -0.3 is 15.5 Å². The first-order chi connectivity index (χ1) is 8.74. The van der Waals surface area contributed by atoms with Gasteiger partial charge in [-0.1, -0.05) is 0 Å². The molecule has 1 aromatic rings. The van der Waals surface area contributed by atoms with E-state index >= 15 is 0 Å². The van der Waals surface area contributed by atoms with Gasteiger partial charge in [0.1, 0.15) is 5.82 Å². The smallest absolute Gasteiger partial charge is 0.320 e. The highest BCUT2D eigenvalue weighted by Gasteiger charge is 2.39.